The number of aliphatic hydroxyl groups excluding tert-OH is 1. The minimum absolute atomic E-state index is 0.0230. The Morgan fingerprint density at radius 3 is 2.51 bits per heavy atom. The number of rotatable bonds is 12. The molecule has 6 nitrogen and oxygen atoms in total. The number of nitrogens with zero attached hydrogens (tertiary/aromatic N) is 2. The molecule has 0 amide bonds. The quantitative estimate of drug-likeness (QED) is 0.131. The number of carbonyl (C=O) groups is 1. The molecule has 1 aliphatic carbocycles. The molecule has 0 radical (unpaired) electrons. The second kappa shape index (κ2) is 13.4. The summed E-state index contributed by atoms with van der Waals surface area (Å²) in [6.45, 7) is 13.8. The fraction of sp³-hybridized carbons (Fsp3) is 0.485. The summed E-state index contributed by atoms with van der Waals surface area (Å²) in [5, 5.41) is 15.9. The molecule has 3 aromatic rings. The predicted octanol–water partition coefficient (Wildman–Crippen LogP) is 7.33. The first-order valence-corrected chi connectivity index (χ1v) is 17.6. The summed E-state index contributed by atoms with van der Waals surface area (Å²) in [5.41, 5.74) is 5.02. The lowest BCUT2D eigenvalue weighted by Gasteiger charge is -2.45. The normalized spacial score (nSPS) is 19.2. The van der Waals surface area contributed by atoms with Crippen LogP contribution in [-0.4, -0.2) is 48.4 Å². The maximum Gasteiger partial charge on any atom is 0.200 e. The zero-order valence-corrected chi connectivity index (χ0v) is 26.9. The Morgan fingerprint density at radius 1 is 1.15 bits per heavy atom. The maximum absolute atomic E-state index is 11.9. The van der Waals surface area contributed by atoms with Gasteiger partial charge in [-0.2, -0.15) is 0 Å². The summed E-state index contributed by atoms with van der Waals surface area (Å²) < 4.78 is 7.10. The van der Waals surface area contributed by atoms with Gasteiger partial charge in [0.25, 0.3) is 0 Å². The summed E-state index contributed by atoms with van der Waals surface area (Å²) in [6, 6.07) is 10.2. The number of hydrogen-bond acceptors (Lipinski definition) is 7. The van der Waals surface area contributed by atoms with E-state index >= 15 is 0 Å². The van der Waals surface area contributed by atoms with Gasteiger partial charge in [0.05, 0.1) is 16.5 Å². The smallest absolute Gasteiger partial charge is 0.200 e. The Morgan fingerprint density at radius 2 is 1.88 bits per heavy atom. The van der Waals surface area contributed by atoms with Crippen LogP contribution in [0.4, 0.5) is 5.82 Å². The van der Waals surface area contributed by atoms with Crippen LogP contribution in [0.5, 0.6) is 0 Å². The van der Waals surface area contributed by atoms with Gasteiger partial charge in [0.15, 0.2) is 12.1 Å². The van der Waals surface area contributed by atoms with Crippen molar-refractivity contribution in [1.82, 2.24) is 9.97 Å². The molecule has 8 heteroatoms. The Kier molecular flexibility index (Phi) is 10.2. The van der Waals surface area contributed by atoms with Crippen molar-refractivity contribution >= 4 is 31.8 Å². The molecule has 1 aromatic carbocycles. The summed E-state index contributed by atoms with van der Waals surface area (Å²) in [4.78, 5) is 22.1. The number of benzene rings is 1. The van der Waals surface area contributed by atoms with Crippen molar-refractivity contribution in [2.24, 2.45) is 5.92 Å². The lowest BCUT2D eigenvalue weighted by Crippen LogP contribution is -2.51. The fourth-order valence-corrected chi connectivity index (χ4v) is 13.2. The van der Waals surface area contributed by atoms with E-state index in [2.05, 4.69) is 75.3 Å². The molecule has 1 fully saturated rings. The maximum atomic E-state index is 11.9. The average Bonchev–Trinajstić information content (AvgIpc) is 3.57. The van der Waals surface area contributed by atoms with Crippen LogP contribution < -0.4 is 5.32 Å². The van der Waals surface area contributed by atoms with Gasteiger partial charge in [-0.05, 0) is 70.6 Å². The third kappa shape index (κ3) is 6.81. The van der Waals surface area contributed by atoms with E-state index in [9.17, 15) is 9.90 Å². The van der Waals surface area contributed by atoms with Crippen molar-refractivity contribution in [2.75, 3.05) is 11.9 Å². The van der Waals surface area contributed by atoms with E-state index in [0.29, 0.717) is 33.8 Å². The summed E-state index contributed by atoms with van der Waals surface area (Å²) >= 11 is 1.59. The molecular weight excluding hydrogens is 547 g/mol. The first-order valence-electron chi connectivity index (χ1n) is 14.6. The van der Waals surface area contributed by atoms with Crippen LogP contribution in [0.2, 0.25) is 16.6 Å². The summed E-state index contributed by atoms with van der Waals surface area (Å²) in [6.07, 6.45) is 10.2. The zero-order chi connectivity index (χ0) is 29.7. The minimum Gasteiger partial charge on any atom is -0.413 e. The number of aliphatic hydroxyl groups is 1. The highest BCUT2D eigenvalue weighted by molar-refractivity contribution is 7.13. The summed E-state index contributed by atoms with van der Waals surface area (Å²) in [7, 11) is -2.10. The van der Waals surface area contributed by atoms with Crippen LogP contribution in [0, 0.1) is 18.3 Å². The standard InChI is InChI=1S/C33H43N3O3SSi/c1-8-24-10-9-11-25(12-24)13-26-14-31(40-20-26)33-34-17-28(19-38)32(36-33)35-29-15-27(18-37)30(16-29)39-41(21(2)3,22(4)5)23(6)7/h1,9-12,14,17,19-23,27,29-30,37H,13,15-16,18H2,2-7H3,(H,34,35,36)/t27-,29-,30+/m1/s1. The molecule has 2 heterocycles. The van der Waals surface area contributed by atoms with Crippen molar-refractivity contribution in [3.8, 4) is 23.0 Å². The molecule has 2 aromatic heterocycles. The van der Waals surface area contributed by atoms with E-state index in [0.717, 1.165) is 47.1 Å². The number of aromatic nitrogens is 2. The van der Waals surface area contributed by atoms with Crippen LogP contribution in [0.25, 0.3) is 10.7 Å². The van der Waals surface area contributed by atoms with Crippen LogP contribution in [0.3, 0.4) is 0 Å². The largest absolute Gasteiger partial charge is 0.413 e. The van der Waals surface area contributed by atoms with E-state index in [1.165, 1.54) is 0 Å². The van der Waals surface area contributed by atoms with Gasteiger partial charge < -0.3 is 14.8 Å². The highest BCUT2D eigenvalue weighted by atomic mass is 32.1. The average molecular weight is 590 g/mol. The number of aldehydes is 1. The monoisotopic (exact) mass is 589 g/mol. The van der Waals surface area contributed by atoms with E-state index in [4.69, 9.17) is 15.8 Å². The second-order valence-corrected chi connectivity index (χ2v) is 18.5. The Bertz CT molecular complexity index is 1360. The SMILES string of the molecule is C#Cc1cccc(Cc2csc(-c3ncc(C=O)c(N[C@@H]4C[C@H](CO)[C@@H](O[Si](C(C)C)(C(C)C)C(C)C)C4)n3)c2)c1. The van der Waals surface area contributed by atoms with Gasteiger partial charge in [0.2, 0.25) is 8.32 Å². The first-order chi connectivity index (χ1) is 19.6. The van der Waals surface area contributed by atoms with Crippen molar-refractivity contribution in [2.45, 2.75) is 89.6 Å². The lowest BCUT2D eigenvalue weighted by atomic mass is 10.0. The number of anilines is 1. The van der Waals surface area contributed by atoms with Gasteiger partial charge in [-0.25, -0.2) is 9.97 Å². The number of terminal acetylenes is 1. The molecule has 218 valence electrons. The molecule has 41 heavy (non-hydrogen) atoms. The third-order valence-electron chi connectivity index (χ3n) is 8.59. The Balaban J connectivity index is 1.52. The van der Waals surface area contributed by atoms with Gasteiger partial charge in [0.1, 0.15) is 5.82 Å². The topological polar surface area (TPSA) is 84.3 Å². The molecule has 4 rings (SSSR count). The van der Waals surface area contributed by atoms with E-state index < -0.39 is 8.32 Å². The molecule has 1 saturated carbocycles. The fourth-order valence-electron chi connectivity index (χ4n) is 6.71. The molecule has 0 aliphatic heterocycles. The van der Waals surface area contributed by atoms with Gasteiger partial charge >= 0.3 is 0 Å². The van der Waals surface area contributed by atoms with Gasteiger partial charge in [-0.3, -0.25) is 4.79 Å². The predicted molar refractivity (Wildman–Crippen MR) is 171 cm³/mol. The van der Waals surface area contributed by atoms with Crippen LogP contribution in [0.15, 0.2) is 41.9 Å². The highest BCUT2D eigenvalue weighted by Gasteiger charge is 2.49. The Labute approximate surface area is 250 Å². The lowest BCUT2D eigenvalue weighted by molar-refractivity contribution is 0.0941. The van der Waals surface area contributed by atoms with Gasteiger partial charge in [0, 0.05) is 30.3 Å². The van der Waals surface area contributed by atoms with Crippen LogP contribution in [-0.2, 0) is 10.8 Å². The number of nitrogens with one attached hydrogen (secondary N) is 1. The first kappa shape index (κ1) is 31.1. The van der Waals surface area contributed by atoms with E-state index in [1.807, 2.05) is 18.2 Å². The molecule has 0 unspecified atom stereocenters. The third-order valence-corrected chi connectivity index (χ3v) is 15.7. The molecule has 1 aliphatic rings. The van der Waals surface area contributed by atoms with Gasteiger partial charge in [-0.1, -0.05) is 59.6 Å². The van der Waals surface area contributed by atoms with Crippen molar-refractivity contribution in [3.63, 3.8) is 0 Å². The van der Waals surface area contributed by atoms with Crippen molar-refractivity contribution < 1.29 is 14.3 Å². The van der Waals surface area contributed by atoms with Crippen molar-refractivity contribution in [3.05, 3.63) is 64.2 Å². The number of thiophene rings is 1. The Hall–Kier alpha value is -2.83. The molecule has 0 spiro atoms. The number of carbonyl (C=O) groups excluding carboxylic acids is 1. The zero-order valence-electron chi connectivity index (χ0n) is 25.1. The molecule has 3 atom stereocenters. The van der Waals surface area contributed by atoms with Crippen molar-refractivity contribution in [1.29, 1.82) is 0 Å². The molecule has 0 bridgehead atoms. The number of hydrogen-bond donors (Lipinski definition) is 2. The highest BCUT2D eigenvalue weighted by Crippen LogP contribution is 2.46. The van der Waals surface area contributed by atoms with Gasteiger partial charge in [-0.15, -0.1) is 17.8 Å². The molecule has 0 saturated heterocycles. The van der Waals surface area contributed by atoms with E-state index in [-0.39, 0.29) is 24.7 Å². The molecular formula is C33H43N3O3SSi. The van der Waals surface area contributed by atoms with Crippen LogP contribution >= 0.6 is 11.3 Å². The van der Waals surface area contributed by atoms with Crippen LogP contribution in [0.1, 0.15) is 81.4 Å². The second-order valence-electron chi connectivity index (χ2n) is 12.2. The van der Waals surface area contributed by atoms with E-state index in [1.54, 1.807) is 17.5 Å². The minimum atomic E-state index is -2.10. The summed E-state index contributed by atoms with van der Waals surface area (Å²) in [5.74, 6) is 3.86. The molecule has 2 N–H and O–H groups in total.